The highest BCUT2D eigenvalue weighted by atomic mass is 32.2. The van der Waals surface area contributed by atoms with Gasteiger partial charge in [-0.15, -0.1) is 10.2 Å². The highest BCUT2D eigenvalue weighted by molar-refractivity contribution is 7.98. The normalized spacial score (nSPS) is 10.7. The number of rotatable bonds is 8. The van der Waals surface area contributed by atoms with Gasteiger partial charge in [0.1, 0.15) is 5.82 Å². The Bertz CT molecular complexity index is 1140. The second-order valence-electron chi connectivity index (χ2n) is 7.08. The molecule has 1 N–H and O–H groups in total. The van der Waals surface area contributed by atoms with Gasteiger partial charge in [-0.3, -0.25) is 9.36 Å². The number of amides is 1. The van der Waals surface area contributed by atoms with E-state index < -0.39 is 0 Å². The molecule has 0 aliphatic heterocycles. The average molecular weight is 429 g/mol. The Balaban J connectivity index is 1.57. The third kappa shape index (κ3) is 5.22. The van der Waals surface area contributed by atoms with Crippen LogP contribution in [0.5, 0.6) is 0 Å². The van der Waals surface area contributed by atoms with Gasteiger partial charge in [-0.1, -0.05) is 85.4 Å². The molecule has 0 saturated carbocycles. The van der Waals surface area contributed by atoms with Crippen molar-refractivity contribution in [2.24, 2.45) is 0 Å². The first kappa shape index (κ1) is 20.9. The first-order valence-corrected chi connectivity index (χ1v) is 11.3. The van der Waals surface area contributed by atoms with Crippen molar-refractivity contribution < 1.29 is 4.79 Å². The van der Waals surface area contributed by atoms with Gasteiger partial charge in [-0.2, -0.15) is 0 Å². The van der Waals surface area contributed by atoms with Crippen LogP contribution in [0.2, 0.25) is 0 Å². The van der Waals surface area contributed by atoms with Gasteiger partial charge in [0.25, 0.3) is 0 Å². The summed E-state index contributed by atoms with van der Waals surface area (Å²) in [5.74, 6) is 1.29. The lowest BCUT2D eigenvalue weighted by Gasteiger charge is -2.12. The van der Waals surface area contributed by atoms with E-state index in [-0.39, 0.29) is 12.3 Å². The molecule has 0 bridgehead atoms. The third-order valence-corrected chi connectivity index (χ3v) is 5.92. The van der Waals surface area contributed by atoms with Crippen molar-refractivity contribution in [3.05, 3.63) is 102 Å². The number of nitrogens with one attached hydrogen (secondary N) is 1. The minimum Gasteiger partial charge on any atom is -0.325 e. The maximum atomic E-state index is 12.8. The van der Waals surface area contributed by atoms with Gasteiger partial charge >= 0.3 is 0 Å². The van der Waals surface area contributed by atoms with Crippen LogP contribution in [0.15, 0.2) is 90.1 Å². The van der Waals surface area contributed by atoms with Crippen molar-refractivity contribution in [1.29, 1.82) is 0 Å². The molecular weight excluding hydrogens is 404 g/mol. The molecule has 0 atom stereocenters. The number of benzene rings is 3. The third-order valence-electron chi connectivity index (χ3n) is 4.92. The van der Waals surface area contributed by atoms with Gasteiger partial charge in [0, 0.05) is 17.1 Å². The summed E-state index contributed by atoms with van der Waals surface area (Å²) >= 11 is 1.61. The van der Waals surface area contributed by atoms with Crippen LogP contribution >= 0.6 is 11.8 Å². The van der Waals surface area contributed by atoms with Crippen LogP contribution in [0.25, 0.3) is 5.69 Å². The topological polar surface area (TPSA) is 59.8 Å². The zero-order chi connectivity index (χ0) is 21.5. The summed E-state index contributed by atoms with van der Waals surface area (Å²) in [6.45, 7) is 2.08. The number of aromatic nitrogens is 3. The molecule has 0 aliphatic carbocycles. The quantitative estimate of drug-likeness (QED) is 0.387. The van der Waals surface area contributed by atoms with E-state index in [4.69, 9.17) is 0 Å². The van der Waals surface area contributed by atoms with Gasteiger partial charge < -0.3 is 5.32 Å². The molecule has 5 nitrogen and oxygen atoms in total. The maximum Gasteiger partial charge on any atom is 0.232 e. The summed E-state index contributed by atoms with van der Waals surface area (Å²) in [4.78, 5) is 12.8. The molecule has 6 heteroatoms. The van der Waals surface area contributed by atoms with Gasteiger partial charge in [0.15, 0.2) is 5.16 Å². The lowest BCUT2D eigenvalue weighted by atomic mass is 10.1. The monoisotopic (exact) mass is 428 g/mol. The van der Waals surface area contributed by atoms with E-state index in [0.717, 1.165) is 34.3 Å². The van der Waals surface area contributed by atoms with Crippen molar-refractivity contribution in [2.75, 3.05) is 5.32 Å². The fourth-order valence-electron chi connectivity index (χ4n) is 3.36. The molecule has 4 aromatic rings. The lowest BCUT2D eigenvalue weighted by molar-refractivity contribution is -0.115. The zero-order valence-electron chi connectivity index (χ0n) is 17.4. The van der Waals surface area contributed by atoms with E-state index in [2.05, 4.69) is 34.6 Å². The van der Waals surface area contributed by atoms with E-state index in [9.17, 15) is 4.79 Å². The summed E-state index contributed by atoms with van der Waals surface area (Å²) < 4.78 is 1.97. The molecule has 0 radical (unpaired) electrons. The summed E-state index contributed by atoms with van der Waals surface area (Å²) in [7, 11) is 0. The Kier molecular flexibility index (Phi) is 6.79. The first-order valence-electron chi connectivity index (χ1n) is 10.3. The molecule has 0 aliphatic rings. The van der Waals surface area contributed by atoms with Crippen molar-refractivity contribution in [1.82, 2.24) is 14.8 Å². The number of nitrogens with zero attached hydrogens (tertiary/aromatic N) is 3. The van der Waals surface area contributed by atoms with E-state index in [1.165, 1.54) is 5.56 Å². The van der Waals surface area contributed by atoms with E-state index >= 15 is 0 Å². The number of hydrogen-bond acceptors (Lipinski definition) is 4. The van der Waals surface area contributed by atoms with Crippen molar-refractivity contribution in [3.8, 4) is 5.69 Å². The lowest BCUT2D eigenvalue weighted by Crippen LogP contribution is -2.18. The Hall–Kier alpha value is -3.38. The Labute approximate surface area is 186 Å². The average Bonchev–Trinajstić information content (AvgIpc) is 3.21. The van der Waals surface area contributed by atoms with Crippen LogP contribution in [0.3, 0.4) is 0 Å². The molecule has 4 rings (SSSR count). The summed E-state index contributed by atoms with van der Waals surface area (Å²) in [5, 5.41) is 12.6. The summed E-state index contributed by atoms with van der Waals surface area (Å²) in [5.41, 5.74) is 4.12. The highest BCUT2D eigenvalue weighted by Crippen LogP contribution is 2.25. The minimum atomic E-state index is -0.106. The van der Waals surface area contributed by atoms with Gasteiger partial charge in [0.2, 0.25) is 5.91 Å². The summed E-state index contributed by atoms with van der Waals surface area (Å²) in [6.07, 6.45) is 1.00. The Morgan fingerprint density at radius 1 is 0.903 bits per heavy atom. The molecule has 1 aromatic heterocycles. The molecule has 0 saturated heterocycles. The van der Waals surface area contributed by atoms with Crippen LogP contribution in [0.4, 0.5) is 5.69 Å². The molecular formula is C25H24N4OS. The van der Waals surface area contributed by atoms with Gasteiger partial charge in [-0.05, 0) is 35.7 Å². The van der Waals surface area contributed by atoms with Crippen LogP contribution in [0.1, 0.15) is 23.9 Å². The predicted molar refractivity (Wildman–Crippen MR) is 126 cm³/mol. The molecule has 3 aromatic carbocycles. The number of carbonyl (C=O) groups excluding carboxylic acids is 1. The molecule has 0 unspecified atom stereocenters. The molecule has 1 amide bonds. The van der Waals surface area contributed by atoms with Gasteiger partial charge in [-0.25, -0.2) is 0 Å². The number of para-hydroxylation sites is 2. The van der Waals surface area contributed by atoms with Crippen LogP contribution in [-0.2, 0) is 23.4 Å². The molecule has 0 spiro atoms. The van der Waals surface area contributed by atoms with Crippen molar-refractivity contribution in [3.63, 3.8) is 0 Å². The number of thioether (sulfide) groups is 1. The fraction of sp³-hybridized carbons (Fsp3) is 0.160. The van der Waals surface area contributed by atoms with Crippen LogP contribution < -0.4 is 5.32 Å². The number of aryl methyl sites for hydroxylation is 1. The molecule has 31 heavy (non-hydrogen) atoms. The Morgan fingerprint density at radius 2 is 1.58 bits per heavy atom. The predicted octanol–water partition coefficient (Wildman–Crippen LogP) is 5.30. The van der Waals surface area contributed by atoms with Crippen molar-refractivity contribution >= 4 is 23.4 Å². The maximum absolute atomic E-state index is 12.8. The van der Waals surface area contributed by atoms with Gasteiger partial charge in [0.05, 0.1) is 6.42 Å². The SMILES string of the molecule is CCc1ccccc1NC(=O)Cc1nnc(SCc2ccccc2)n1-c1ccccc1. The number of anilines is 1. The van der Waals surface area contributed by atoms with E-state index in [0.29, 0.717) is 5.82 Å². The van der Waals surface area contributed by atoms with Crippen molar-refractivity contribution in [2.45, 2.75) is 30.7 Å². The fourth-order valence-corrected chi connectivity index (χ4v) is 4.28. The van der Waals surface area contributed by atoms with E-state index in [1.54, 1.807) is 11.8 Å². The second kappa shape index (κ2) is 10.1. The largest absolute Gasteiger partial charge is 0.325 e. The Morgan fingerprint density at radius 3 is 2.32 bits per heavy atom. The first-order chi connectivity index (χ1) is 15.2. The summed E-state index contributed by atoms with van der Waals surface area (Å²) in [6, 6.07) is 28.1. The van der Waals surface area contributed by atoms with Crippen LogP contribution in [0, 0.1) is 0 Å². The molecule has 156 valence electrons. The molecule has 1 heterocycles. The van der Waals surface area contributed by atoms with Crippen LogP contribution in [-0.4, -0.2) is 20.7 Å². The second-order valence-corrected chi connectivity index (χ2v) is 8.02. The number of hydrogen-bond donors (Lipinski definition) is 1. The zero-order valence-corrected chi connectivity index (χ0v) is 18.2. The number of carbonyl (C=O) groups is 1. The molecule has 0 fully saturated rings. The standard InChI is InChI=1S/C25H24N4OS/c1-2-20-13-9-10-16-22(20)26-24(30)17-23-27-28-25(29(23)21-14-7-4-8-15-21)31-18-19-11-5-3-6-12-19/h3-16H,2,17-18H2,1H3,(H,26,30). The minimum absolute atomic E-state index is 0.106. The smallest absolute Gasteiger partial charge is 0.232 e. The highest BCUT2D eigenvalue weighted by Gasteiger charge is 2.18. The van der Waals surface area contributed by atoms with E-state index in [1.807, 2.05) is 77.4 Å².